The maximum absolute atomic E-state index is 12.7. The van der Waals surface area contributed by atoms with Crippen LogP contribution in [0, 0.1) is 17.8 Å². The Bertz CT molecular complexity index is 957. The van der Waals surface area contributed by atoms with E-state index in [4.69, 9.17) is 9.47 Å². The normalized spacial score (nSPS) is 18.5. The molecule has 44 heavy (non-hydrogen) atoms. The summed E-state index contributed by atoms with van der Waals surface area (Å²) in [5.74, 6) is 0.398. The first-order valence-electron chi connectivity index (χ1n) is 16.3. The Morgan fingerprint density at radius 3 is 2.02 bits per heavy atom. The monoisotopic (exact) mass is 621 g/mol. The molecule has 0 spiro atoms. The van der Waals surface area contributed by atoms with Crippen LogP contribution in [0.2, 0.25) is 0 Å². The third-order valence-corrected chi connectivity index (χ3v) is 8.21. The SMILES string of the molecule is CC.COC(C(C)C(=O)NC(C)C(O)c1ccccc1)C1CCCN1C(C)=O.COC(C)C(C(C)C)N(C)C(=O)CC(C)C. The molecule has 254 valence electrons. The van der Waals surface area contributed by atoms with Gasteiger partial charge in [-0.05, 0) is 44.1 Å². The molecule has 9 nitrogen and oxygen atoms in total. The van der Waals surface area contributed by atoms with Gasteiger partial charge in [-0.2, -0.15) is 0 Å². The summed E-state index contributed by atoms with van der Waals surface area (Å²) < 4.78 is 11.0. The molecular formula is C35H63N3O6. The fourth-order valence-corrected chi connectivity index (χ4v) is 5.85. The van der Waals surface area contributed by atoms with E-state index >= 15 is 0 Å². The van der Waals surface area contributed by atoms with Crippen LogP contribution in [-0.2, 0) is 23.9 Å². The number of likely N-dealkylation sites (tertiary alicyclic amines) is 1. The standard InChI is InChI=1S/C20H30N2O4.C13H27NO2.C2H6/c1-13(19(26-4)17-11-8-12-22(17)15(3)23)20(25)21-14(2)18(24)16-9-6-5-7-10-16;1-9(2)8-12(15)14(6)13(10(3)4)11(5)16-7;1-2/h5-7,9-10,13-14,17-19,24H,8,11-12H2,1-4H3,(H,21,25);9-11,13H,8H2,1-7H3;1-2H3. The lowest BCUT2D eigenvalue weighted by atomic mass is 9.94. The number of carbonyl (C=O) groups is 3. The fraction of sp³-hybridized carbons (Fsp3) is 0.743. The molecule has 1 saturated heterocycles. The molecule has 0 radical (unpaired) electrons. The van der Waals surface area contributed by atoms with Crippen molar-refractivity contribution in [2.75, 3.05) is 27.8 Å². The summed E-state index contributed by atoms with van der Waals surface area (Å²) >= 11 is 0. The minimum absolute atomic E-state index is 0.00928. The lowest BCUT2D eigenvalue weighted by Gasteiger charge is -2.35. The van der Waals surface area contributed by atoms with E-state index in [0.717, 1.165) is 18.4 Å². The summed E-state index contributed by atoms with van der Waals surface area (Å²) in [6.45, 7) is 20.2. The van der Waals surface area contributed by atoms with E-state index in [1.54, 1.807) is 33.0 Å². The second-order valence-corrected chi connectivity index (χ2v) is 12.3. The van der Waals surface area contributed by atoms with Crippen molar-refractivity contribution in [2.45, 2.75) is 125 Å². The number of nitrogens with zero attached hydrogens (tertiary/aromatic N) is 2. The van der Waals surface area contributed by atoms with Gasteiger partial charge in [0.05, 0.1) is 42.4 Å². The maximum Gasteiger partial charge on any atom is 0.225 e. The molecule has 1 fully saturated rings. The van der Waals surface area contributed by atoms with Crippen molar-refractivity contribution in [2.24, 2.45) is 17.8 Å². The Balaban J connectivity index is 0.000000886. The molecule has 0 aliphatic carbocycles. The van der Waals surface area contributed by atoms with Crippen LogP contribution in [0.25, 0.3) is 0 Å². The molecular weight excluding hydrogens is 558 g/mol. The largest absolute Gasteiger partial charge is 0.386 e. The third-order valence-electron chi connectivity index (χ3n) is 8.21. The highest BCUT2D eigenvalue weighted by Gasteiger charge is 2.39. The van der Waals surface area contributed by atoms with Crippen molar-refractivity contribution in [3.63, 3.8) is 0 Å². The number of aliphatic hydroxyl groups is 1. The number of rotatable bonds is 13. The number of nitrogens with one attached hydrogen (secondary N) is 1. The van der Waals surface area contributed by atoms with Gasteiger partial charge >= 0.3 is 0 Å². The van der Waals surface area contributed by atoms with Crippen LogP contribution < -0.4 is 5.32 Å². The van der Waals surface area contributed by atoms with E-state index in [2.05, 4.69) is 33.0 Å². The number of amides is 3. The molecule has 1 aliphatic heterocycles. The van der Waals surface area contributed by atoms with E-state index in [0.29, 0.717) is 24.8 Å². The number of aliphatic hydroxyl groups excluding tert-OH is 1. The molecule has 0 bridgehead atoms. The average Bonchev–Trinajstić information content (AvgIpc) is 3.48. The van der Waals surface area contributed by atoms with Gasteiger partial charge in [0.15, 0.2) is 0 Å². The molecule has 2 N–H and O–H groups in total. The Morgan fingerprint density at radius 1 is 1.00 bits per heavy atom. The minimum Gasteiger partial charge on any atom is -0.386 e. The van der Waals surface area contributed by atoms with Crippen molar-refractivity contribution < 1.29 is 29.0 Å². The van der Waals surface area contributed by atoms with Crippen molar-refractivity contribution in [1.29, 1.82) is 0 Å². The van der Waals surface area contributed by atoms with E-state index < -0.39 is 18.1 Å². The number of hydrogen-bond donors (Lipinski definition) is 2. The smallest absolute Gasteiger partial charge is 0.225 e. The van der Waals surface area contributed by atoms with Crippen molar-refractivity contribution in [1.82, 2.24) is 15.1 Å². The van der Waals surface area contributed by atoms with Gasteiger partial charge in [0.2, 0.25) is 17.7 Å². The zero-order chi connectivity index (χ0) is 34.1. The molecule has 2 rings (SSSR count). The average molecular weight is 622 g/mol. The predicted octanol–water partition coefficient (Wildman–Crippen LogP) is 5.46. The van der Waals surface area contributed by atoms with Crippen molar-refractivity contribution in [3.05, 3.63) is 35.9 Å². The van der Waals surface area contributed by atoms with Crippen LogP contribution in [-0.4, -0.2) is 90.8 Å². The number of benzene rings is 1. The highest BCUT2D eigenvalue weighted by atomic mass is 16.5. The Hall–Kier alpha value is -2.49. The summed E-state index contributed by atoms with van der Waals surface area (Å²) in [5.41, 5.74) is 0.759. The number of hydrogen-bond acceptors (Lipinski definition) is 6. The van der Waals surface area contributed by atoms with Gasteiger partial charge in [0.25, 0.3) is 0 Å². The van der Waals surface area contributed by atoms with Crippen LogP contribution in [0.3, 0.4) is 0 Å². The van der Waals surface area contributed by atoms with Gasteiger partial charge in [-0.1, -0.05) is 78.8 Å². The van der Waals surface area contributed by atoms with Crippen LogP contribution in [0.4, 0.5) is 0 Å². The predicted molar refractivity (Wildman–Crippen MR) is 178 cm³/mol. The second kappa shape index (κ2) is 21.3. The Labute approximate surface area is 268 Å². The lowest BCUT2D eigenvalue weighted by molar-refractivity contribution is -0.139. The van der Waals surface area contributed by atoms with Crippen LogP contribution in [0.1, 0.15) is 100 Å². The maximum atomic E-state index is 12.7. The van der Waals surface area contributed by atoms with Crippen LogP contribution in [0.5, 0.6) is 0 Å². The quantitative estimate of drug-likeness (QED) is 0.303. The summed E-state index contributed by atoms with van der Waals surface area (Å²) in [6, 6.07) is 8.88. The van der Waals surface area contributed by atoms with Crippen LogP contribution in [0.15, 0.2) is 30.3 Å². The summed E-state index contributed by atoms with van der Waals surface area (Å²) in [6.07, 6.45) is 1.27. The van der Waals surface area contributed by atoms with E-state index in [1.807, 2.05) is 70.0 Å². The minimum atomic E-state index is -0.784. The Kier molecular flexibility index (Phi) is 20.1. The molecule has 1 heterocycles. The van der Waals surface area contributed by atoms with E-state index in [9.17, 15) is 19.5 Å². The first-order valence-corrected chi connectivity index (χ1v) is 16.3. The van der Waals surface area contributed by atoms with E-state index in [-0.39, 0.29) is 42.0 Å². The zero-order valence-corrected chi connectivity index (χ0v) is 29.8. The van der Waals surface area contributed by atoms with Crippen molar-refractivity contribution >= 4 is 17.7 Å². The first kappa shape index (κ1) is 41.5. The van der Waals surface area contributed by atoms with E-state index in [1.165, 1.54) is 0 Å². The van der Waals surface area contributed by atoms with Gasteiger partial charge in [0, 0.05) is 41.2 Å². The topological polar surface area (TPSA) is 108 Å². The number of ether oxygens (including phenoxy) is 2. The molecule has 0 aromatic heterocycles. The lowest BCUT2D eigenvalue weighted by Crippen LogP contribution is -2.50. The summed E-state index contributed by atoms with van der Waals surface area (Å²) in [4.78, 5) is 40.2. The first-order chi connectivity index (χ1) is 20.7. The molecule has 1 aromatic rings. The van der Waals surface area contributed by atoms with Gasteiger partial charge in [-0.25, -0.2) is 0 Å². The van der Waals surface area contributed by atoms with Gasteiger partial charge < -0.3 is 29.7 Å². The zero-order valence-electron chi connectivity index (χ0n) is 29.8. The van der Waals surface area contributed by atoms with Gasteiger partial charge in [-0.15, -0.1) is 0 Å². The second-order valence-electron chi connectivity index (χ2n) is 12.3. The molecule has 1 aliphatic rings. The molecule has 1 aromatic carbocycles. The van der Waals surface area contributed by atoms with Crippen molar-refractivity contribution in [3.8, 4) is 0 Å². The number of methoxy groups -OCH3 is 2. The number of likely N-dealkylation sites (N-methyl/N-ethyl adjacent to an activating group) is 1. The van der Waals surface area contributed by atoms with Gasteiger partial charge in [0.1, 0.15) is 0 Å². The molecule has 7 atom stereocenters. The number of carbonyl (C=O) groups excluding carboxylic acids is 3. The highest BCUT2D eigenvalue weighted by molar-refractivity contribution is 5.80. The molecule has 7 unspecified atom stereocenters. The summed E-state index contributed by atoms with van der Waals surface area (Å²) in [5, 5.41) is 13.3. The Morgan fingerprint density at radius 2 is 1.57 bits per heavy atom. The van der Waals surface area contributed by atoms with Crippen LogP contribution >= 0.6 is 0 Å². The van der Waals surface area contributed by atoms with Gasteiger partial charge in [-0.3, -0.25) is 14.4 Å². The molecule has 0 saturated carbocycles. The summed E-state index contributed by atoms with van der Waals surface area (Å²) in [7, 11) is 5.15. The molecule has 3 amide bonds. The fourth-order valence-electron chi connectivity index (χ4n) is 5.85. The third kappa shape index (κ3) is 12.9. The highest BCUT2D eigenvalue weighted by Crippen LogP contribution is 2.27. The molecule has 9 heteroatoms.